The van der Waals surface area contributed by atoms with Crippen molar-refractivity contribution in [3.8, 4) is 0 Å². The van der Waals surface area contributed by atoms with Crippen molar-refractivity contribution in [2.24, 2.45) is 0 Å². The summed E-state index contributed by atoms with van der Waals surface area (Å²) >= 11 is 0. The van der Waals surface area contributed by atoms with Crippen molar-refractivity contribution in [1.82, 2.24) is 9.62 Å². The van der Waals surface area contributed by atoms with Gasteiger partial charge in [0, 0.05) is 27.7 Å². The minimum absolute atomic E-state index is 0.0457. The van der Waals surface area contributed by atoms with Gasteiger partial charge in [0.1, 0.15) is 5.76 Å². The van der Waals surface area contributed by atoms with E-state index >= 15 is 0 Å². The van der Waals surface area contributed by atoms with Crippen LogP contribution < -0.4 is 5.32 Å². The van der Waals surface area contributed by atoms with Crippen molar-refractivity contribution in [1.29, 1.82) is 0 Å². The Kier molecular flexibility index (Phi) is 7.17. The molecule has 0 amide bonds. The SMILES string of the molecule is COCCOCCNCc1ccc(S(=O)(=O)N(C)C)o1. The molecule has 0 unspecified atom stereocenters. The van der Waals surface area contributed by atoms with Gasteiger partial charge in [0.15, 0.2) is 0 Å². The first-order valence-electron chi connectivity index (χ1n) is 6.27. The minimum atomic E-state index is -3.50. The van der Waals surface area contributed by atoms with E-state index in [9.17, 15) is 8.42 Å². The van der Waals surface area contributed by atoms with E-state index < -0.39 is 10.0 Å². The van der Waals surface area contributed by atoms with Gasteiger partial charge in [-0.05, 0) is 12.1 Å². The number of hydrogen-bond acceptors (Lipinski definition) is 6. The Bertz CT molecular complexity index is 484. The molecule has 0 spiro atoms. The lowest BCUT2D eigenvalue weighted by Gasteiger charge is -2.08. The number of hydrogen-bond donors (Lipinski definition) is 1. The first-order chi connectivity index (χ1) is 9.48. The first-order valence-corrected chi connectivity index (χ1v) is 7.71. The van der Waals surface area contributed by atoms with E-state index in [0.29, 0.717) is 38.7 Å². The molecule has 8 heteroatoms. The molecule has 1 rings (SSSR count). The molecule has 7 nitrogen and oxygen atoms in total. The van der Waals surface area contributed by atoms with Crippen LogP contribution in [-0.2, 0) is 26.0 Å². The van der Waals surface area contributed by atoms with Gasteiger partial charge in [-0.15, -0.1) is 0 Å². The number of ether oxygens (including phenoxy) is 2. The van der Waals surface area contributed by atoms with Gasteiger partial charge in [-0.2, -0.15) is 0 Å². The lowest BCUT2D eigenvalue weighted by Crippen LogP contribution is -2.22. The van der Waals surface area contributed by atoms with Crippen LogP contribution >= 0.6 is 0 Å². The van der Waals surface area contributed by atoms with E-state index in [-0.39, 0.29) is 5.09 Å². The van der Waals surface area contributed by atoms with Crippen LogP contribution in [-0.4, -0.2) is 60.3 Å². The van der Waals surface area contributed by atoms with Crippen molar-refractivity contribution >= 4 is 10.0 Å². The van der Waals surface area contributed by atoms with E-state index in [4.69, 9.17) is 13.9 Å². The molecule has 0 fully saturated rings. The summed E-state index contributed by atoms with van der Waals surface area (Å²) in [4.78, 5) is 0. The molecule has 0 aromatic carbocycles. The van der Waals surface area contributed by atoms with Gasteiger partial charge in [0.2, 0.25) is 5.09 Å². The highest BCUT2D eigenvalue weighted by molar-refractivity contribution is 7.88. The molecule has 0 aliphatic heterocycles. The van der Waals surface area contributed by atoms with Crippen molar-refractivity contribution in [2.75, 3.05) is 47.6 Å². The topological polar surface area (TPSA) is 81.0 Å². The third kappa shape index (κ3) is 5.22. The van der Waals surface area contributed by atoms with Crippen molar-refractivity contribution < 1.29 is 22.3 Å². The summed E-state index contributed by atoms with van der Waals surface area (Å²) in [6, 6.07) is 3.11. The molecule has 1 N–H and O–H groups in total. The maximum atomic E-state index is 11.8. The highest BCUT2D eigenvalue weighted by Crippen LogP contribution is 2.16. The largest absolute Gasteiger partial charge is 0.447 e. The summed E-state index contributed by atoms with van der Waals surface area (Å²) in [5.41, 5.74) is 0. The fourth-order valence-electron chi connectivity index (χ4n) is 1.37. The number of sulfonamides is 1. The van der Waals surface area contributed by atoms with E-state index in [1.807, 2.05) is 0 Å². The molecular formula is C12H22N2O5S. The Morgan fingerprint density at radius 3 is 2.65 bits per heavy atom. The molecule has 0 aliphatic rings. The van der Waals surface area contributed by atoms with E-state index in [2.05, 4.69) is 5.32 Å². The van der Waals surface area contributed by atoms with Crippen LogP contribution in [0, 0.1) is 0 Å². The molecule has 0 saturated heterocycles. The molecule has 1 heterocycles. The van der Waals surface area contributed by atoms with Gasteiger partial charge in [-0.1, -0.05) is 0 Å². The van der Waals surface area contributed by atoms with Crippen LogP contribution in [0.15, 0.2) is 21.6 Å². The van der Waals surface area contributed by atoms with E-state index in [1.165, 1.54) is 20.2 Å². The zero-order valence-electron chi connectivity index (χ0n) is 12.1. The minimum Gasteiger partial charge on any atom is -0.447 e. The fraction of sp³-hybridized carbons (Fsp3) is 0.667. The summed E-state index contributed by atoms with van der Waals surface area (Å²) < 4.78 is 40.2. The normalized spacial score (nSPS) is 12.2. The van der Waals surface area contributed by atoms with Crippen LogP contribution in [0.1, 0.15) is 5.76 Å². The molecule has 0 bridgehead atoms. The Morgan fingerprint density at radius 2 is 2.00 bits per heavy atom. The first kappa shape index (κ1) is 17.1. The van der Waals surface area contributed by atoms with Gasteiger partial charge in [0.25, 0.3) is 10.0 Å². The van der Waals surface area contributed by atoms with Crippen molar-refractivity contribution in [3.05, 3.63) is 17.9 Å². The average molecular weight is 306 g/mol. The van der Waals surface area contributed by atoms with Crippen LogP contribution in [0.25, 0.3) is 0 Å². The van der Waals surface area contributed by atoms with Gasteiger partial charge in [-0.25, -0.2) is 12.7 Å². The maximum absolute atomic E-state index is 11.8. The predicted octanol–water partition coefficient (Wildman–Crippen LogP) is 0.283. The molecule has 116 valence electrons. The Labute approximate surface area is 119 Å². The van der Waals surface area contributed by atoms with Crippen molar-refractivity contribution in [3.63, 3.8) is 0 Å². The molecule has 1 aromatic rings. The van der Waals surface area contributed by atoms with Crippen molar-refractivity contribution in [2.45, 2.75) is 11.6 Å². The zero-order chi connectivity index (χ0) is 15.0. The maximum Gasteiger partial charge on any atom is 0.275 e. The Balaban J connectivity index is 2.31. The zero-order valence-corrected chi connectivity index (χ0v) is 12.9. The second kappa shape index (κ2) is 8.38. The van der Waals surface area contributed by atoms with Crippen LogP contribution in [0.4, 0.5) is 0 Å². The van der Waals surface area contributed by atoms with Crippen LogP contribution in [0.3, 0.4) is 0 Å². The quantitative estimate of drug-likeness (QED) is 0.626. The van der Waals surface area contributed by atoms with Gasteiger partial charge < -0.3 is 19.2 Å². The van der Waals surface area contributed by atoms with Crippen LogP contribution in [0.2, 0.25) is 0 Å². The molecule has 1 aromatic heterocycles. The third-order valence-corrected chi connectivity index (χ3v) is 4.22. The average Bonchev–Trinajstić information content (AvgIpc) is 2.87. The lowest BCUT2D eigenvalue weighted by molar-refractivity contribution is 0.0717. The third-order valence-electron chi connectivity index (χ3n) is 2.53. The molecule has 0 aliphatic carbocycles. The van der Waals surface area contributed by atoms with Crippen LogP contribution in [0.5, 0.6) is 0 Å². The predicted molar refractivity (Wildman–Crippen MR) is 74.0 cm³/mol. The van der Waals surface area contributed by atoms with Gasteiger partial charge >= 0.3 is 0 Å². The highest BCUT2D eigenvalue weighted by Gasteiger charge is 2.21. The Morgan fingerprint density at radius 1 is 1.25 bits per heavy atom. The van der Waals surface area contributed by atoms with Gasteiger partial charge in [-0.3, -0.25) is 0 Å². The lowest BCUT2D eigenvalue weighted by atomic mass is 10.4. The fourth-order valence-corrected chi connectivity index (χ4v) is 2.18. The number of furan rings is 1. The monoisotopic (exact) mass is 306 g/mol. The second-order valence-corrected chi connectivity index (χ2v) is 6.37. The number of nitrogens with zero attached hydrogens (tertiary/aromatic N) is 1. The van der Waals surface area contributed by atoms with E-state index in [1.54, 1.807) is 13.2 Å². The van der Waals surface area contributed by atoms with E-state index in [0.717, 1.165) is 4.31 Å². The number of methoxy groups -OCH3 is 1. The number of rotatable bonds is 10. The molecule has 0 saturated carbocycles. The standard InChI is InChI=1S/C12H22N2O5S/c1-14(2)20(15,16)12-5-4-11(19-12)10-13-6-7-18-9-8-17-3/h4-5,13H,6-10H2,1-3H3. The summed E-state index contributed by atoms with van der Waals surface area (Å²) in [6.07, 6.45) is 0. The smallest absolute Gasteiger partial charge is 0.275 e. The second-order valence-electron chi connectivity index (χ2n) is 4.29. The van der Waals surface area contributed by atoms with Gasteiger partial charge in [0.05, 0.1) is 26.4 Å². The summed E-state index contributed by atoms with van der Waals surface area (Å²) in [7, 11) is 1.05. The summed E-state index contributed by atoms with van der Waals surface area (Å²) in [5.74, 6) is 0.572. The Hall–Kier alpha value is -0.930. The summed E-state index contributed by atoms with van der Waals surface area (Å²) in [5, 5.41) is 3.06. The summed E-state index contributed by atoms with van der Waals surface area (Å²) in [6.45, 7) is 2.80. The molecule has 20 heavy (non-hydrogen) atoms. The molecule has 0 radical (unpaired) electrons. The molecular weight excluding hydrogens is 284 g/mol. The number of nitrogens with one attached hydrogen (secondary N) is 1. The molecule has 0 atom stereocenters. The highest BCUT2D eigenvalue weighted by atomic mass is 32.2.